The van der Waals surface area contributed by atoms with Crippen LogP contribution in [0.2, 0.25) is 0 Å². The van der Waals surface area contributed by atoms with Crippen LogP contribution >= 0.6 is 0 Å². The molecule has 0 unspecified atom stereocenters. The monoisotopic (exact) mass is 363 g/mol. The standard InChI is InChI=1S/C20H21N5O2/c26-20(19-16-3-1-2-4-18(16)27-23-19)25-9-7-24(8-10-25)15-5-6-17-14(11-15)12-21-13-22-17/h5-6,11-13H,1-4,7-10H2. The van der Waals surface area contributed by atoms with Gasteiger partial charge in [-0.15, -0.1) is 0 Å². The maximum atomic E-state index is 12.9. The minimum Gasteiger partial charge on any atom is -0.368 e. The molecule has 1 saturated heterocycles. The number of aromatic nitrogens is 3. The summed E-state index contributed by atoms with van der Waals surface area (Å²) in [7, 11) is 0. The van der Waals surface area contributed by atoms with Crippen molar-refractivity contribution in [2.24, 2.45) is 0 Å². The number of piperazine rings is 1. The summed E-state index contributed by atoms with van der Waals surface area (Å²) in [6.07, 6.45) is 7.42. The molecule has 2 aromatic heterocycles. The van der Waals surface area contributed by atoms with Gasteiger partial charge in [-0.25, -0.2) is 9.97 Å². The molecule has 0 saturated carbocycles. The number of hydrogen-bond acceptors (Lipinski definition) is 6. The quantitative estimate of drug-likeness (QED) is 0.696. The van der Waals surface area contributed by atoms with Crippen molar-refractivity contribution in [2.45, 2.75) is 25.7 Å². The molecule has 0 bridgehead atoms. The Kier molecular flexibility index (Phi) is 3.99. The van der Waals surface area contributed by atoms with Crippen LogP contribution < -0.4 is 4.90 Å². The van der Waals surface area contributed by atoms with E-state index in [1.54, 1.807) is 6.33 Å². The number of carbonyl (C=O) groups is 1. The third-order valence-corrected chi connectivity index (χ3v) is 5.57. The largest absolute Gasteiger partial charge is 0.368 e. The first-order valence-corrected chi connectivity index (χ1v) is 9.51. The summed E-state index contributed by atoms with van der Waals surface area (Å²) in [6, 6.07) is 6.22. The summed E-state index contributed by atoms with van der Waals surface area (Å²) in [6.45, 7) is 2.96. The number of carbonyl (C=O) groups excluding carboxylic acids is 1. The van der Waals surface area contributed by atoms with Crippen molar-refractivity contribution < 1.29 is 9.32 Å². The normalized spacial score (nSPS) is 17.2. The Hall–Kier alpha value is -2.96. The Morgan fingerprint density at radius 2 is 1.93 bits per heavy atom. The molecule has 5 rings (SSSR count). The van der Waals surface area contributed by atoms with Crippen LogP contribution in [0.5, 0.6) is 0 Å². The lowest BCUT2D eigenvalue weighted by Gasteiger charge is -2.36. The van der Waals surface area contributed by atoms with Crippen LogP contribution in [0.3, 0.4) is 0 Å². The molecule has 0 radical (unpaired) electrons. The highest BCUT2D eigenvalue weighted by molar-refractivity contribution is 5.94. The summed E-state index contributed by atoms with van der Waals surface area (Å²) in [5, 5.41) is 5.12. The number of amides is 1. The van der Waals surface area contributed by atoms with Crippen LogP contribution in [0, 0.1) is 0 Å². The van der Waals surface area contributed by atoms with Gasteiger partial charge < -0.3 is 14.3 Å². The van der Waals surface area contributed by atoms with Crippen LogP contribution in [0.4, 0.5) is 5.69 Å². The molecule has 1 aliphatic heterocycles. The SMILES string of the molecule is O=C(c1noc2c1CCCC2)N1CCN(c2ccc3ncncc3c2)CC1. The highest BCUT2D eigenvalue weighted by atomic mass is 16.5. The number of rotatable bonds is 2. The molecule has 1 fully saturated rings. The molecule has 3 aromatic rings. The van der Waals surface area contributed by atoms with E-state index >= 15 is 0 Å². The van der Waals surface area contributed by atoms with E-state index in [1.807, 2.05) is 17.2 Å². The van der Waals surface area contributed by atoms with E-state index in [0.29, 0.717) is 18.8 Å². The van der Waals surface area contributed by atoms with Crippen LogP contribution in [0.25, 0.3) is 10.9 Å². The molecular formula is C20H21N5O2. The number of benzene rings is 1. The van der Waals surface area contributed by atoms with Crippen LogP contribution in [-0.2, 0) is 12.8 Å². The maximum Gasteiger partial charge on any atom is 0.276 e. The van der Waals surface area contributed by atoms with Crippen LogP contribution in [0.15, 0.2) is 35.2 Å². The number of nitrogens with zero attached hydrogens (tertiary/aromatic N) is 5. The van der Waals surface area contributed by atoms with E-state index in [0.717, 1.165) is 66.7 Å². The van der Waals surface area contributed by atoms with Crippen molar-refractivity contribution in [3.8, 4) is 0 Å². The van der Waals surface area contributed by atoms with Gasteiger partial charge in [-0.3, -0.25) is 4.79 Å². The predicted octanol–water partition coefficient (Wildman–Crippen LogP) is 2.46. The van der Waals surface area contributed by atoms with Gasteiger partial charge in [0.1, 0.15) is 12.1 Å². The molecule has 1 aromatic carbocycles. The molecule has 138 valence electrons. The first-order valence-electron chi connectivity index (χ1n) is 9.51. The Bertz CT molecular complexity index is 991. The van der Waals surface area contributed by atoms with Crippen molar-refractivity contribution in [3.63, 3.8) is 0 Å². The zero-order valence-electron chi connectivity index (χ0n) is 15.1. The number of aryl methyl sites for hydroxylation is 1. The Balaban J connectivity index is 1.29. The van der Waals surface area contributed by atoms with E-state index in [2.05, 4.69) is 32.2 Å². The van der Waals surface area contributed by atoms with Gasteiger partial charge in [0, 0.05) is 55.4 Å². The summed E-state index contributed by atoms with van der Waals surface area (Å²) in [5.41, 5.74) is 3.64. The van der Waals surface area contributed by atoms with Gasteiger partial charge in [0.25, 0.3) is 5.91 Å². The van der Waals surface area contributed by atoms with Gasteiger partial charge >= 0.3 is 0 Å². The number of hydrogen-bond donors (Lipinski definition) is 0. The van der Waals surface area contributed by atoms with Crippen LogP contribution in [0.1, 0.15) is 34.7 Å². The maximum absolute atomic E-state index is 12.9. The summed E-state index contributed by atoms with van der Waals surface area (Å²) in [4.78, 5) is 25.5. The smallest absolute Gasteiger partial charge is 0.276 e. The average molecular weight is 363 g/mol. The third kappa shape index (κ3) is 2.93. The molecule has 3 heterocycles. The van der Waals surface area contributed by atoms with Gasteiger partial charge in [-0.05, 0) is 37.5 Å². The fraction of sp³-hybridized carbons (Fsp3) is 0.400. The molecule has 27 heavy (non-hydrogen) atoms. The first-order chi connectivity index (χ1) is 13.3. The molecular weight excluding hydrogens is 342 g/mol. The second-order valence-corrected chi connectivity index (χ2v) is 7.19. The molecule has 1 aliphatic carbocycles. The van der Waals surface area contributed by atoms with Crippen molar-refractivity contribution in [3.05, 3.63) is 47.7 Å². The fourth-order valence-electron chi connectivity index (χ4n) is 4.04. The molecule has 0 spiro atoms. The van der Waals surface area contributed by atoms with Crippen molar-refractivity contribution in [2.75, 3.05) is 31.1 Å². The molecule has 7 heteroatoms. The zero-order valence-corrected chi connectivity index (χ0v) is 15.1. The van der Waals surface area contributed by atoms with Crippen molar-refractivity contribution in [1.29, 1.82) is 0 Å². The van der Waals surface area contributed by atoms with E-state index in [1.165, 1.54) is 0 Å². The second-order valence-electron chi connectivity index (χ2n) is 7.19. The van der Waals surface area contributed by atoms with Gasteiger partial charge in [-0.2, -0.15) is 0 Å². The molecule has 1 amide bonds. The summed E-state index contributed by atoms with van der Waals surface area (Å²) >= 11 is 0. The molecule has 0 atom stereocenters. The first kappa shape index (κ1) is 16.2. The second kappa shape index (κ2) is 6.64. The van der Waals surface area contributed by atoms with Crippen LogP contribution in [-0.4, -0.2) is 52.1 Å². The minimum absolute atomic E-state index is 0.00783. The lowest BCUT2D eigenvalue weighted by molar-refractivity contribution is 0.0735. The van der Waals surface area contributed by atoms with E-state index in [4.69, 9.17) is 4.52 Å². The molecule has 7 nitrogen and oxygen atoms in total. The zero-order chi connectivity index (χ0) is 18.2. The van der Waals surface area contributed by atoms with Gasteiger partial charge in [0.05, 0.1) is 5.52 Å². The molecule has 0 N–H and O–H groups in total. The topological polar surface area (TPSA) is 75.4 Å². The van der Waals surface area contributed by atoms with Gasteiger partial charge in [0.15, 0.2) is 5.69 Å². The Morgan fingerprint density at radius 3 is 2.81 bits per heavy atom. The van der Waals surface area contributed by atoms with Gasteiger partial charge in [-0.1, -0.05) is 5.16 Å². The third-order valence-electron chi connectivity index (χ3n) is 5.57. The average Bonchev–Trinajstić information content (AvgIpc) is 3.17. The van der Waals surface area contributed by atoms with Crippen molar-refractivity contribution >= 4 is 22.5 Å². The summed E-state index contributed by atoms with van der Waals surface area (Å²) < 4.78 is 5.41. The predicted molar refractivity (Wildman–Crippen MR) is 101 cm³/mol. The minimum atomic E-state index is 0.00783. The molecule has 2 aliphatic rings. The van der Waals surface area contributed by atoms with Gasteiger partial charge in [0.2, 0.25) is 0 Å². The lowest BCUT2D eigenvalue weighted by Crippen LogP contribution is -2.49. The van der Waals surface area contributed by atoms with E-state index in [-0.39, 0.29) is 5.91 Å². The Labute approximate surface area is 157 Å². The number of fused-ring (bicyclic) bond motifs is 2. The summed E-state index contributed by atoms with van der Waals surface area (Å²) in [5.74, 6) is 0.912. The highest BCUT2D eigenvalue weighted by Gasteiger charge is 2.29. The Morgan fingerprint density at radius 1 is 1.07 bits per heavy atom. The van der Waals surface area contributed by atoms with E-state index < -0.39 is 0 Å². The highest BCUT2D eigenvalue weighted by Crippen LogP contribution is 2.26. The number of anilines is 1. The fourth-order valence-corrected chi connectivity index (χ4v) is 4.04. The lowest BCUT2D eigenvalue weighted by atomic mass is 9.96. The van der Waals surface area contributed by atoms with Crippen molar-refractivity contribution in [1.82, 2.24) is 20.0 Å². The van der Waals surface area contributed by atoms with E-state index in [9.17, 15) is 4.79 Å².